The van der Waals surface area contributed by atoms with Crippen LogP contribution in [0.15, 0.2) is 36.4 Å². The second-order valence-corrected chi connectivity index (χ2v) is 11.8. The number of anilines is 4. The Balaban J connectivity index is 1.32. The Morgan fingerprint density at radius 2 is 1.41 bits per heavy atom. The Labute approximate surface area is 228 Å². The van der Waals surface area contributed by atoms with Gasteiger partial charge >= 0.3 is 0 Å². The predicted octanol–water partition coefficient (Wildman–Crippen LogP) is 5.29. The quantitative estimate of drug-likeness (QED) is 0.406. The van der Waals surface area contributed by atoms with Gasteiger partial charge in [-0.2, -0.15) is 9.97 Å². The van der Waals surface area contributed by atoms with E-state index in [1.807, 2.05) is 0 Å². The van der Waals surface area contributed by atoms with Gasteiger partial charge in [-0.25, -0.2) is 0 Å². The fraction of sp³-hybridized carbons (Fsp3) is 0.621. The van der Waals surface area contributed by atoms with Gasteiger partial charge in [0.25, 0.3) is 0 Å². The van der Waals surface area contributed by atoms with Gasteiger partial charge in [-0.05, 0) is 55.4 Å². The predicted molar refractivity (Wildman–Crippen MR) is 159 cm³/mol. The van der Waals surface area contributed by atoms with Crippen LogP contribution >= 0.6 is 12.2 Å². The summed E-state index contributed by atoms with van der Waals surface area (Å²) in [6.07, 6.45) is 8.85. The highest BCUT2D eigenvalue weighted by Crippen LogP contribution is 2.29. The van der Waals surface area contributed by atoms with Crippen LogP contribution in [0.25, 0.3) is 0 Å². The van der Waals surface area contributed by atoms with E-state index in [0.29, 0.717) is 28.9 Å². The number of nitrogens with zero attached hydrogens (tertiary/aromatic N) is 5. The van der Waals surface area contributed by atoms with E-state index in [1.54, 1.807) is 0 Å². The molecule has 0 unspecified atom stereocenters. The Hall–Kier alpha value is -2.61. The lowest BCUT2D eigenvalue weighted by Crippen LogP contribution is -2.47. The van der Waals surface area contributed by atoms with Crippen molar-refractivity contribution >= 4 is 40.6 Å². The average molecular weight is 522 g/mol. The van der Waals surface area contributed by atoms with Crippen molar-refractivity contribution in [2.24, 2.45) is 11.8 Å². The third-order valence-electron chi connectivity index (χ3n) is 8.03. The molecule has 3 fully saturated rings. The van der Waals surface area contributed by atoms with E-state index in [0.717, 1.165) is 50.9 Å². The van der Waals surface area contributed by atoms with Crippen molar-refractivity contribution in [3.63, 3.8) is 0 Å². The maximum atomic E-state index is 5.73. The van der Waals surface area contributed by atoms with Gasteiger partial charge in [-0.15, -0.1) is 0 Å². The zero-order valence-electron chi connectivity index (χ0n) is 22.5. The molecule has 37 heavy (non-hydrogen) atoms. The molecular weight excluding hydrogens is 478 g/mol. The summed E-state index contributed by atoms with van der Waals surface area (Å²) in [4.78, 5) is 17.2. The van der Waals surface area contributed by atoms with Crippen LogP contribution in [-0.2, 0) is 0 Å². The SMILES string of the molecule is C[C@@H]1C[C@H](C)CN(c2cc(N3CCN(c4ccccc4)CC3)nc(NC(=S)NC3CCCCCC3)n2)C1. The molecule has 0 bridgehead atoms. The third kappa shape index (κ3) is 7.03. The molecule has 1 saturated carbocycles. The summed E-state index contributed by atoms with van der Waals surface area (Å²) < 4.78 is 0. The summed E-state index contributed by atoms with van der Waals surface area (Å²) in [6.45, 7) is 10.6. The van der Waals surface area contributed by atoms with Crippen molar-refractivity contribution in [2.75, 3.05) is 59.3 Å². The van der Waals surface area contributed by atoms with Gasteiger partial charge in [0.15, 0.2) is 5.11 Å². The zero-order valence-corrected chi connectivity index (χ0v) is 23.3. The van der Waals surface area contributed by atoms with Crippen molar-refractivity contribution in [3.8, 4) is 0 Å². The van der Waals surface area contributed by atoms with Crippen LogP contribution in [0, 0.1) is 11.8 Å². The van der Waals surface area contributed by atoms with E-state index < -0.39 is 0 Å². The molecule has 200 valence electrons. The number of hydrogen-bond donors (Lipinski definition) is 2. The molecule has 2 N–H and O–H groups in total. The largest absolute Gasteiger partial charge is 0.368 e. The second-order valence-electron chi connectivity index (χ2n) is 11.4. The van der Waals surface area contributed by atoms with E-state index >= 15 is 0 Å². The first-order valence-electron chi connectivity index (χ1n) is 14.3. The molecule has 8 heteroatoms. The van der Waals surface area contributed by atoms with Gasteiger partial charge in [0.1, 0.15) is 11.6 Å². The molecule has 7 nitrogen and oxygen atoms in total. The summed E-state index contributed by atoms with van der Waals surface area (Å²) in [5.41, 5.74) is 1.29. The van der Waals surface area contributed by atoms with Crippen molar-refractivity contribution < 1.29 is 0 Å². The number of thiocarbonyl (C=S) groups is 1. The monoisotopic (exact) mass is 521 g/mol. The van der Waals surface area contributed by atoms with E-state index in [-0.39, 0.29) is 0 Å². The number of nitrogens with one attached hydrogen (secondary N) is 2. The summed E-state index contributed by atoms with van der Waals surface area (Å²) in [5, 5.41) is 7.55. The molecule has 0 spiro atoms. The van der Waals surface area contributed by atoms with Gasteiger partial charge in [0.2, 0.25) is 5.95 Å². The van der Waals surface area contributed by atoms with E-state index in [4.69, 9.17) is 22.2 Å². The minimum absolute atomic E-state index is 0.444. The summed E-state index contributed by atoms with van der Waals surface area (Å²) >= 11 is 5.73. The van der Waals surface area contributed by atoms with Crippen molar-refractivity contribution in [1.29, 1.82) is 0 Å². The highest BCUT2D eigenvalue weighted by Gasteiger charge is 2.26. The van der Waals surface area contributed by atoms with E-state index in [1.165, 1.54) is 50.6 Å². The highest BCUT2D eigenvalue weighted by atomic mass is 32.1. The molecule has 2 aliphatic heterocycles. The van der Waals surface area contributed by atoms with Gasteiger partial charge in [-0.3, -0.25) is 0 Å². The van der Waals surface area contributed by atoms with E-state index in [2.05, 4.69) is 75.6 Å². The lowest BCUT2D eigenvalue weighted by atomic mass is 9.92. The van der Waals surface area contributed by atoms with Crippen LogP contribution in [0.1, 0.15) is 58.8 Å². The maximum Gasteiger partial charge on any atom is 0.232 e. The molecule has 1 aromatic heterocycles. The molecule has 3 heterocycles. The number of hydrogen-bond acceptors (Lipinski definition) is 6. The average Bonchev–Trinajstić information content (AvgIpc) is 3.17. The van der Waals surface area contributed by atoms with Crippen LogP contribution in [0.2, 0.25) is 0 Å². The number of rotatable bonds is 5. The Kier molecular flexibility index (Phi) is 8.64. The topological polar surface area (TPSA) is 59.6 Å². The zero-order chi connectivity index (χ0) is 25.6. The summed E-state index contributed by atoms with van der Waals surface area (Å²) in [5.74, 6) is 3.92. The lowest BCUT2D eigenvalue weighted by Gasteiger charge is -2.38. The van der Waals surface area contributed by atoms with Crippen LogP contribution < -0.4 is 25.3 Å². The summed E-state index contributed by atoms with van der Waals surface area (Å²) in [7, 11) is 0. The first-order valence-corrected chi connectivity index (χ1v) is 14.7. The Morgan fingerprint density at radius 3 is 2.05 bits per heavy atom. The maximum absolute atomic E-state index is 5.73. The minimum atomic E-state index is 0.444. The molecule has 0 radical (unpaired) electrons. The fourth-order valence-corrected chi connectivity index (χ4v) is 6.49. The molecular formula is C29H43N7S. The molecule has 2 saturated heterocycles. The number of piperidine rings is 1. The van der Waals surface area contributed by atoms with Crippen LogP contribution in [-0.4, -0.2) is 60.4 Å². The smallest absolute Gasteiger partial charge is 0.232 e. The van der Waals surface area contributed by atoms with Crippen molar-refractivity contribution in [2.45, 2.75) is 64.8 Å². The van der Waals surface area contributed by atoms with Gasteiger partial charge in [-0.1, -0.05) is 57.7 Å². The van der Waals surface area contributed by atoms with Gasteiger partial charge in [0.05, 0.1) is 0 Å². The first-order chi connectivity index (χ1) is 18.0. The normalized spacial score (nSPS) is 23.5. The number of piperazine rings is 1. The fourth-order valence-electron chi connectivity index (χ4n) is 6.23. The number of aromatic nitrogens is 2. The third-order valence-corrected chi connectivity index (χ3v) is 8.25. The minimum Gasteiger partial charge on any atom is -0.368 e. The number of benzene rings is 1. The Bertz CT molecular complexity index is 1010. The van der Waals surface area contributed by atoms with Crippen LogP contribution in [0.4, 0.5) is 23.3 Å². The molecule has 1 aromatic carbocycles. The molecule has 5 rings (SSSR count). The van der Waals surface area contributed by atoms with Gasteiger partial charge < -0.3 is 25.3 Å². The summed E-state index contributed by atoms with van der Waals surface area (Å²) in [6, 6.07) is 13.3. The van der Waals surface area contributed by atoms with E-state index in [9.17, 15) is 0 Å². The molecule has 2 atom stereocenters. The lowest BCUT2D eigenvalue weighted by molar-refractivity contribution is 0.355. The van der Waals surface area contributed by atoms with Gasteiger partial charge in [0, 0.05) is 57.1 Å². The Morgan fingerprint density at radius 1 is 0.811 bits per heavy atom. The number of para-hydroxylation sites is 1. The second kappa shape index (κ2) is 12.3. The van der Waals surface area contributed by atoms with Crippen molar-refractivity contribution in [3.05, 3.63) is 36.4 Å². The van der Waals surface area contributed by atoms with Crippen molar-refractivity contribution in [1.82, 2.24) is 15.3 Å². The highest BCUT2D eigenvalue weighted by molar-refractivity contribution is 7.80. The van der Waals surface area contributed by atoms with Crippen LogP contribution in [0.3, 0.4) is 0 Å². The standard InChI is InChI=1S/C29H43N7S/c1-22-18-23(2)21-36(20-22)27-19-26(35-16-14-34(15-17-35)25-12-8-5-9-13-25)31-28(32-27)33-29(37)30-24-10-6-3-4-7-11-24/h5,8-9,12-13,19,22-24H,3-4,6-7,10-11,14-18,20-21H2,1-2H3,(H2,30,31,32,33,37)/t22-,23+. The molecule has 1 aliphatic carbocycles. The molecule has 3 aliphatic rings. The molecule has 2 aromatic rings. The van der Waals surface area contributed by atoms with Crippen LogP contribution in [0.5, 0.6) is 0 Å². The molecule has 0 amide bonds. The first kappa shape index (κ1) is 26.0.